The van der Waals surface area contributed by atoms with Gasteiger partial charge in [0, 0.05) is 8.95 Å². The van der Waals surface area contributed by atoms with Crippen molar-refractivity contribution in [1.82, 2.24) is 0 Å². The fourth-order valence-electron chi connectivity index (χ4n) is 1.58. The van der Waals surface area contributed by atoms with E-state index in [1.54, 1.807) is 6.07 Å². The van der Waals surface area contributed by atoms with E-state index in [9.17, 15) is 9.18 Å². The van der Waals surface area contributed by atoms with Crippen molar-refractivity contribution >= 4 is 43.5 Å². The highest BCUT2D eigenvalue weighted by Crippen LogP contribution is 2.25. The Hall–Kier alpha value is -1.20. The third kappa shape index (κ3) is 3.42. The second kappa shape index (κ2) is 5.84. The van der Waals surface area contributed by atoms with Gasteiger partial charge in [-0.2, -0.15) is 0 Å². The van der Waals surface area contributed by atoms with Crippen LogP contribution in [0.3, 0.4) is 0 Å². The monoisotopic (exact) mass is 385 g/mol. The van der Waals surface area contributed by atoms with Crippen molar-refractivity contribution in [3.8, 4) is 0 Å². The summed E-state index contributed by atoms with van der Waals surface area (Å²) in [5.74, 6) is -0.611. The molecule has 0 aliphatic heterocycles. The highest BCUT2D eigenvalue weighted by molar-refractivity contribution is 9.11. The summed E-state index contributed by atoms with van der Waals surface area (Å²) in [6, 6.07) is 9.59. The number of amides is 1. The van der Waals surface area contributed by atoms with Gasteiger partial charge in [0.2, 0.25) is 0 Å². The fraction of sp³-hybridized carbons (Fsp3) is 0.0714. The minimum atomic E-state index is -0.360. The predicted octanol–water partition coefficient (Wildman–Crippen LogP) is 4.91. The van der Waals surface area contributed by atoms with E-state index in [0.717, 1.165) is 10.0 Å². The highest BCUT2D eigenvalue weighted by Gasteiger charge is 2.12. The molecule has 2 aromatic rings. The van der Waals surface area contributed by atoms with E-state index in [2.05, 4.69) is 37.2 Å². The molecule has 0 saturated heterocycles. The number of hydrogen-bond acceptors (Lipinski definition) is 1. The standard InChI is InChI=1S/C14H10Br2FNO/c1-8-2-4-10(11(15)6-8)14(19)18-13-5-3-9(17)7-12(13)16/h2-7H,1H3,(H,18,19). The molecular formula is C14H10Br2FNO. The van der Waals surface area contributed by atoms with Crippen molar-refractivity contribution in [2.75, 3.05) is 5.32 Å². The molecule has 0 saturated carbocycles. The van der Waals surface area contributed by atoms with E-state index in [0.29, 0.717) is 15.7 Å². The minimum absolute atomic E-state index is 0.251. The maximum absolute atomic E-state index is 13.0. The van der Waals surface area contributed by atoms with E-state index in [-0.39, 0.29) is 11.7 Å². The van der Waals surface area contributed by atoms with Crippen LogP contribution < -0.4 is 5.32 Å². The average molecular weight is 387 g/mol. The van der Waals surface area contributed by atoms with Crippen LogP contribution in [0.2, 0.25) is 0 Å². The number of hydrogen-bond donors (Lipinski definition) is 1. The number of halogens is 3. The molecule has 5 heteroatoms. The first kappa shape index (κ1) is 14.2. The Labute approximate surface area is 127 Å². The smallest absolute Gasteiger partial charge is 0.256 e. The lowest BCUT2D eigenvalue weighted by molar-refractivity contribution is 0.102. The third-order valence-corrected chi connectivity index (χ3v) is 3.86. The van der Waals surface area contributed by atoms with E-state index < -0.39 is 0 Å². The molecule has 0 fully saturated rings. The molecule has 98 valence electrons. The maximum Gasteiger partial charge on any atom is 0.256 e. The number of carbonyl (C=O) groups is 1. The van der Waals surface area contributed by atoms with E-state index >= 15 is 0 Å². The summed E-state index contributed by atoms with van der Waals surface area (Å²) >= 11 is 6.57. The van der Waals surface area contributed by atoms with Crippen LogP contribution >= 0.6 is 31.9 Å². The molecule has 2 rings (SSSR count). The average Bonchev–Trinajstić information content (AvgIpc) is 2.32. The predicted molar refractivity (Wildman–Crippen MR) is 80.9 cm³/mol. The molecule has 0 spiro atoms. The Morgan fingerprint density at radius 3 is 2.47 bits per heavy atom. The summed E-state index contributed by atoms with van der Waals surface area (Å²) in [5, 5.41) is 2.73. The molecule has 0 bridgehead atoms. The molecule has 2 aromatic carbocycles. The third-order valence-electron chi connectivity index (χ3n) is 2.55. The SMILES string of the molecule is Cc1ccc(C(=O)Nc2ccc(F)cc2Br)c(Br)c1. The Morgan fingerprint density at radius 2 is 1.84 bits per heavy atom. The molecule has 1 N–H and O–H groups in total. The van der Waals surface area contributed by atoms with Crippen molar-refractivity contribution in [2.45, 2.75) is 6.92 Å². The topological polar surface area (TPSA) is 29.1 Å². The van der Waals surface area contributed by atoms with E-state index in [1.165, 1.54) is 18.2 Å². The zero-order chi connectivity index (χ0) is 14.0. The van der Waals surface area contributed by atoms with Gasteiger partial charge in [0.15, 0.2) is 0 Å². The van der Waals surface area contributed by atoms with Crippen LogP contribution in [0.4, 0.5) is 10.1 Å². The van der Waals surface area contributed by atoms with Crippen LogP contribution in [0.1, 0.15) is 15.9 Å². The van der Waals surface area contributed by atoms with Crippen molar-refractivity contribution in [2.24, 2.45) is 0 Å². The molecule has 19 heavy (non-hydrogen) atoms. The van der Waals surface area contributed by atoms with Crippen molar-refractivity contribution in [3.05, 3.63) is 62.3 Å². The van der Waals surface area contributed by atoms with Crippen LogP contribution in [-0.2, 0) is 0 Å². The van der Waals surface area contributed by atoms with Gasteiger partial charge in [-0.25, -0.2) is 4.39 Å². The first-order valence-electron chi connectivity index (χ1n) is 5.50. The molecule has 0 heterocycles. The quantitative estimate of drug-likeness (QED) is 0.780. The van der Waals surface area contributed by atoms with Crippen LogP contribution in [-0.4, -0.2) is 5.91 Å². The zero-order valence-electron chi connectivity index (χ0n) is 10.0. The van der Waals surface area contributed by atoms with Gasteiger partial charge in [-0.05, 0) is 74.7 Å². The van der Waals surface area contributed by atoms with Gasteiger partial charge in [-0.3, -0.25) is 4.79 Å². The highest BCUT2D eigenvalue weighted by atomic mass is 79.9. The Bertz CT molecular complexity index is 643. The van der Waals surface area contributed by atoms with Gasteiger partial charge >= 0.3 is 0 Å². The number of nitrogens with one attached hydrogen (secondary N) is 1. The van der Waals surface area contributed by atoms with Crippen molar-refractivity contribution in [3.63, 3.8) is 0 Å². The van der Waals surface area contributed by atoms with Crippen LogP contribution in [0, 0.1) is 12.7 Å². The fourth-order valence-corrected chi connectivity index (χ4v) is 2.71. The lowest BCUT2D eigenvalue weighted by Gasteiger charge is -2.09. The zero-order valence-corrected chi connectivity index (χ0v) is 13.2. The van der Waals surface area contributed by atoms with E-state index in [1.807, 2.05) is 19.1 Å². The van der Waals surface area contributed by atoms with Gasteiger partial charge in [-0.1, -0.05) is 6.07 Å². The number of carbonyl (C=O) groups excluding carboxylic acids is 1. The molecule has 0 atom stereocenters. The van der Waals surface area contributed by atoms with Crippen molar-refractivity contribution < 1.29 is 9.18 Å². The van der Waals surface area contributed by atoms with Gasteiger partial charge in [0.1, 0.15) is 5.82 Å². The number of aryl methyl sites for hydroxylation is 1. The molecule has 2 nitrogen and oxygen atoms in total. The molecule has 1 amide bonds. The van der Waals surface area contributed by atoms with Gasteiger partial charge < -0.3 is 5.32 Å². The number of benzene rings is 2. The largest absolute Gasteiger partial charge is 0.321 e. The second-order valence-corrected chi connectivity index (χ2v) is 5.77. The Morgan fingerprint density at radius 1 is 1.11 bits per heavy atom. The summed E-state index contributed by atoms with van der Waals surface area (Å²) in [5.41, 5.74) is 2.12. The molecule has 0 unspecified atom stereocenters. The first-order valence-corrected chi connectivity index (χ1v) is 7.08. The maximum atomic E-state index is 13.0. The van der Waals surface area contributed by atoms with Gasteiger partial charge in [-0.15, -0.1) is 0 Å². The summed E-state index contributed by atoms with van der Waals surface area (Å²) in [7, 11) is 0. The Kier molecular flexibility index (Phi) is 4.37. The molecule has 0 radical (unpaired) electrons. The normalized spacial score (nSPS) is 10.3. The Balaban J connectivity index is 2.25. The molecule has 0 aromatic heterocycles. The minimum Gasteiger partial charge on any atom is -0.321 e. The lowest BCUT2D eigenvalue weighted by Crippen LogP contribution is -2.13. The molecular weight excluding hydrogens is 377 g/mol. The van der Waals surface area contributed by atoms with Crippen molar-refractivity contribution in [1.29, 1.82) is 0 Å². The van der Waals surface area contributed by atoms with Gasteiger partial charge in [0.05, 0.1) is 11.3 Å². The summed E-state index contributed by atoms with van der Waals surface area (Å²) in [6.45, 7) is 1.95. The summed E-state index contributed by atoms with van der Waals surface area (Å²) in [6.07, 6.45) is 0. The number of anilines is 1. The molecule has 0 aliphatic carbocycles. The second-order valence-electron chi connectivity index (χ2n) is 4.06. The molecule has 0 aliphatic rings. The summed E-state index contributed by atoms with van der Waals surface area (Å²) in [4.78, 5) is 12.1. The van der Waals surface area contributed by atoms with Crippen LogP contribution in [0.25, 0.3) is 0 Å². The van der Waals surface area contributed by atoms with E-state index in [4.69, 9.17) is 0 Å². The van der Waals surface area contributed by atoms with Crippen LogP contribution in [0.15, 0.2) is 45.3 Å². The van der Waals surface area contributed by atoms with Gasteiger partial charge in [0.25, 0.3) is 5.91 Å². The lowest BCUT2D eigenvalue weighted by atomic mass is 10.1. The van der Waals surface area contributed by atoms with Crippen LogP contribution in [0.5, 0.6) is 0 Å². The summed E-state index contributed by atoms with van der Waals surface area (Å²) < 4.78 is 14.2. The first-order chi connectivity index (χ1) is 8.97. The number of rotatable bonds is 2.